The van der Waals surface area contributed by atoms with Gasteiger partial charge in [0.15, 0.2) is 17.1 Å². The number of fused-ring (bicyclic) bond motifs is 6. The summed E-state index contributed by atoms with van der Waals surface area (Å²) in [5, 5.41) is 3.70. The molecule has 3 aliphatic rings. The average molecular weight is 583 g/mol. The second-order valence-corrected chi connectivity index (χ2v) is 11.3. The van der Waals surface area contributed by atoms with Gasteiger partial charge in [0.1, 0.15) is 17.6 Å². The molecular weight excluding hydrogens is 547 g/mol. The number of pyridine rings is 1. The van der Waals surface area contributed by atoms with E-state index in [2.05, 4.69) is 43.8 Å². The molecule has 3 aliphatic heterocycles. The molecule has 8 rings (SSSR count). The Morgan fingerprint density at radius 2 is 1.91 bits per heavy atom. The van der Waals surface area contributed by atoms with Crippen LogP contribution < -0.4 is 15.8 Å². The molecule has 12 heteroatoms. The summed E-state index contributed by atoms with van der Waals surface area (Å²) in [6, 6.07) is 12.4. The van der Waals surface area contributed by atoms with Gasteiger partial charge in [0, 0.05) is 56.3 Å². The molecule has 43 heavy (non-hydrogen) atoms. The molecule has 7 heterocycles. The molecule has 11 nitrogen and oxygen atoms in total. The number of aryl methyl sites for hydroxylation is 1. The highest BCUT2D eigenvalue weighted by molar-refractivity contribution is 5.78. The first kappa shape index (κ1) is 27.3. The van der Waals surface area contributed by atoms with E-state index in [1.54, 1.807) is 28.0 Å². The Bertz CT molecular complexity index is 1840. The van der Waals surface area contributed by atoms with Gasteiger partial charge < -0.3 is 14.8 Å². The Morgan fingerprint density at radius 1 is 1.05 bits per heavy atom. The summed E-state index contributed by atoms with van der Waals surface area (Å²) in [6.07, 6.45) is 7.33. The topological polar surface area (TPSA) is 102 Å². The Hall–Kier alpha value is -4.58. The van der Waals surface area contributed by atoms with Crippen LogP contribution in [-0.2, 0) is 13.1 Å². The normalized spacial score (nSPS) is 18.9. The molecule has 222 valence electrons. The summed E-state index contributed by atoms with van der Waals surface area (Å²) >= 11 is 0. The third kappa shape index (κ3) is 4.95. The van der Waals surface area contributed by atoms with Gasteiger partial charge in [-0.3, -0.25) is 9.69 Å². The Balaban J connectivity index is 1.18. The summed E-state index contributed by atoms with van der Waals surface area (Å²) in [4.78, 5) is 36.6. The van der Waals surface area contributed by atoms with E-state index in [-0.39, 0.29) is 18.8 Å². The summed E-state index contributed by atoms with van der Waals surface area (Å²) in [7, 11) is 0. The molecule has 2 bridgehead atoms. The van der Waals surface area contributed by atoms with Crippen molar-refractivity contribution in [3.63, 3.8) is 0 Å². The van der Waals surface area contributed by atoms with Crippen LogP contribution in [0.4, 0.5) is 21.7 Å². The van der Waals surface area contributed by atoms with E-state index in [4.69, 9.17) is 9.97 Å². The lowest BCUT2D eigenvalue weighted by molar-refractivity contribution is 0.125. The van der Waals surface area contributed by atoms with Gasteiger partial charge in [-0.2, -0.15) is 4.98 Å². The van der Waals surface area contributed by atoms with Crippen molar-refractivity contribution in [1.82, 2.24) is 38.8 Å². The zero-order valence-corrected chi connectivity index (χ0v) is 24.2. The van der Waals surface area contributed by atoms with Gasteiger partial charge in [0.05, 0.1) is 12.9 Å². The minimum Gasteiger partial charge on any atom is -0.370 e. The lowest BCUT2D eigenvalue weighted by atomic mass is 9.95. The van der Waals surface area contributed by atoms with Crippen LogP contribution >= 0.6 is 0 Å². The fourth-order valence-corrected chi connectivity index (χ4v) is 6.54. The van der Waals surface area contributed by atoms with Gasteiger partial charge in [-0.1, -0.05) is 6.08 Å². The molecule has 1 N–H and O–H groups in total. The molecule has 0 aliphatic carbocycles. The van der Waals surface area contributed by atoms with Crippen LogP contribution in [0.25, 0.3) is 28.0 Å². The van der Waals surface area contributed by atoms with Crippen LogP contribution in [0.1, 0.15) is 19.8 Å². The van der Waals surface area contributed by atoms with Crippen LogP contribution in [0, 0.1) is 5.92 Å². The highest BCUT2D eigenvalue weighted by Gasteiger charge is 2.34. The van der Waals surface area contributed by atoms with Gasteiger partial charge in [-0.05, 0) is 62.1 Å². The van der Waals surface area contributed by atoms with Gasteiger partial charge in [0.2, 0.25) is 5.95 Å². The molecule has 3 saturated heterocycles. The second kappa shape index (κ2) is 11.3. The number of imidazole rings is 1. The summed E-state index contributed by atoms with van der Waals surface area (Å²) in [6.45, 7) is 10.0. The van der Waals surface area contributed by atoms with Crippen LogP contribution in [0.3, 0.4) is 0 Å². The van der Waals surface area contributed by atoms with Crippen molar-refractivity contribution in [3.05, 3.63) is 71.9 Å². The zero-order valence-electron chi connectivity index (χ0n) is 24.2. The quantitative estimate of drug-likeness (QED) is 0.259. The van der Waals surface area contributed by atoms with Crippen molar-refractivity contribution in [2.45, 2.75) is 38.9 Å². The number of anilines is 3. The first-order chi connectivity index (χ1) is 21.1. The standard InChI is InChI=1S/C31H35FN10O/c1-3-14-41-30(43)25-16-33-31(37-28(25)42(41)27-12-11-26-29(36-27)38(4-2)20-34-26)35-22-6-9-23(10-7-22)40-18-21-5-8-24(19-40)39(17-21)15-13-32/h3,6-7,9-12,16,20-21,24H,1,4-5,8,13-15,17-19H2,2H3,(H,33,35,37). The van der Waals surface area contributed by atoms with E-state index in [1.807, 2.05) is 35.8 Å². The van der Waals surface area contributed by atoms with Crippen molar-refractivity contribution >= 4 is 39.5 Å². The van der Waals surface area contributed by atoms with Gasteiger partial charge in [-0.25, -0.2) is 28.7 Å². The molecule has 2 atom stereocenters. The number of benzene rings is 1. The average Bonchev–Trinajstić information content (AvgIpc) is 3.40. The number of rotatable bonds is 9. The molecule has 1 aromatic carbocycles. The summed E-state index contributed by atoms with van der Waals surface area (Å²) in [5.41, 5.74) is 3.75. The third-order valence-electron chi connectivity index (χ3n) is 8.67. The van der Waals surface area contributed by atoms with E-state index >= 15 is 0 Å². The van der Waals surface area contributed by atoms with Crippen molar-refractivity contribution in [2.75, 3.05) is 43.1 Å². The minimum atomic E-state index is -0.289. The van der Waals surface area contributed by atoms with Crippen molar-refractivity contribution in [3.8, 4) is 5.82 Å². The molecule has 0 saturated carbocycles. The number of nitrogens with zero attached hydrogens (tertiary/aromatic N) is 9. The molecule has 0 amide bonds. The molecule has 0 spiro atoms. The Morgan fingerprint density at radius 3 is 2.70 bits per heavy atom. The van der Waals surface area contributed by atoms with Crippen molar-refractivity contribution in [2.24, 2.45) is 5.92 Å². The van der Waals surface area contributed by atoms with E-state index in [0.717, 1.165) is 55.1 Å². The fourth-order valence-electron chi connectivity index (χ4n) is 6.54. The first-order valence-corrected chi connectivity index (χ1v) is 14.9. The number of allylic oxidation sites excluding steroid dienone is 1. The molecule has 4 aromatic heterocycles. The maximum Gasteiger partial charge on any atom is 0.278 e. The number of alkyl halides is 1. The van der Waals surface area contributed by atoms with Crippen molar-refractivity contribution < 1.29 is 4.39 Å². The van der Waals surface area contributed by atoms with Crippen LogP contribution in [-0.4, -0.2) is 77.7 Å². The zero-order chi connectivity index (χ0) is 29.5. The minimum absolute atomic E-state index is 0.215. The van der Waals surface area contributed by atoms with Crippen LogP contribution in [0.5, 0.6) is 0 Å². The van der Waals surface area contributed by atoms with E-state index in [9.17, 15) is 9.18 Å². The Kier molecular flexibility index (Phi) is 7.13. The predicted molar refractivity (Wildman–Crippen MR) is 166 cm³/mol. The second-order valence-electron chi connectivity index (χ2n) is 11.3. The van der Waals surface area contributed by atoms with E-state index in [0.29, 0.717) is 41.3 Å². The summed E-state index contributed by atoms with van der Waals surface area (Å²) in [5.74, 6) is 1.49. The third-order valence-corrected chi connectivity index (χ3v) is 8.67. The highest BCUT2D eigenvalue weighted by atomic mass is 19.1. The van der Waals surface area contributed by atoms with Crippen LogP contribution in [0.2, 0.25) is 0 Å². The molecule has 0 radical (unpaired) electrons. The number of hydrogen-bond donors (Lipinski definition) is 1. The van der Waals surface area contributed by atoms with Gasteiger partial charge in [-0.15, -0.1) is 6.58 Å². The number of halogens is 1. The monoisotopic (exact) mass is 582 g/mol. The van der Waals surface area contributed by atoms with Crippen molar-refractivity contribution in [1.29, 1.82) is 0 Å². The molecule has 3 fully saturated rings. The molecular formula is C31H35FN10O. The fraction of sp³-hybridized carbons (Fsp3) is 0.387. The van der Waals surface area contributed by atoms with E-state index < -0.39 is 0 Å². The predicted octanol–water partition coefficient (Wildman–Crippen LogP) is 4.15. The number of nitrogens with one attached hydrogen (secondary N) is 1. The largest absolute Gasteiger partial charge is 0.370 e. The summed E-state index contributed by atoms with van der Waals surface area (Å²) < 4.78 is 18.3. The van der Waals surface area contributed by atoms with Gasteiger partial charge in [0.25, 0.3) is 5.56 Å². The first-order valence-electron chi connectivity index (χ1n) is 14.9. The smallest absolute Gasteiger partial charge is 0.278 e. The molecule has 2 unspecified atom stereocenters. The lowest BCUT2D eigenvalue weighted by Crippen LogP contribution is -2.44. The van der Waals surface area contributed by atoms with Crippen LogP contribution in [0.15, 0.2) is 66.4 Å². The number of aromatic nitrogens is 7. The number of hydrogen-bond acceptors (Lipinski definition) is 8. The Labute approximate surface area is 248 Å². The molecule has 5 aromatic rings. The highest BCUT2D eigenvalue weighted by Crippen LogP contribution is 2.31. The SMILES string of the molecule is C=CCn1c(=O)c2cnc(Nc3ccc(N4CC5CCC(C4)N(CCF)C5)cc3)nc2n1-c1ccc2ncn(CC)c2n1. The maximum atomic E-state index is 13.4. The maximum absolute atomic E-state index is 13.4. The lowest BCUT2D eigenvalue weighted by Gasteiger charge is -2.35. The van der Waals surface area contributed by atoms with Gasteiger partial charge >= 0.3 is 0 Å². The number of piperidine rings is 1. The van der Waals surface area contributed by atoms with E-state index in [1.165, 1.54) is 6.42 Å².